The van der Waals surface area contributed by atoms with Crippen molar-refractivity contribution in [2.24, 2.45) is 0 Å². The predicted octanol–water partition coefficient (Wildman–Crippen LogP) is 2.33. The van der Waals surface area contributed by atoms with Crippen LogP contribution < -0.4 is 0 Å². The van der Waals surface area contributed by atoms with Crippen molar-refractivity contribution in [1.29, 1.82) is 0 Å². The Bertz CT molecular complexity index is 477. The van der Waals surface area contributed by atoms with Gasteiger partial charge in [-0.15, -0.1) is 0 Å². The van der Waals surface area contributed by atoms with Crippen LogP contribution >= 0.6 is 11.6 Å². The number of benzene rings is 1. The van der Waals surface area contributed by atoms with Crippen LogP contribution in [-0.4, -0.2) is 20.0 Å². The van der Waals surface area contributed by atoms with E-state index in [1.165, 1.54) is 18.2 Å². The number of hydrogen-bond donors (Lipinski definition) is 0. The molecule has 0 aromatic heterocycles. The van der Waals surface area contributed by atoms with E-state index in [0.717, 1.165) is 0 Å². The molecule has 0 aliphatic rings. The zero-order valence-corrected chi connectivity index (χ0v) is 9.97. The van der Waals surface area contributed by atoms with Crippen LogP contribution in [0.4, 0.5) is 0 Å². The van der Waals surface area contributed by atoms with E-state index in [9.17, 15) is 13.2 Å². The van der Waals surface area contributed by atoms with E-state index in [-0.39, 0.29) is 9.92 Å². The minimum atomic E-state index is -3.43. The first kappa shape index (κ1) is 12.2. The zero-order chi connectivity index (χ0) is 11.6. The average Bonchev–Trinajstić information content (AvgIpc) is 2.18. The van der Waals surface area contributed by atoms with Gasteiger partial charge in [-0.25, -0.2) is 8.42 Å². The highest BCUT2D eigenvalue weighted by Crippen LogP contribution is 2.25. The largest absolute Gasteiger partial charge is 0.298 e. The molecule has 0 radical (unpaired) electrons. The summed E-state index contributed by atoms with van der Waals surface area (Å²) in [6, 6.07) is 4.19. The number of sulfone groups is 1. The fourth-order valence-corrected chi connectivity index (χ4v) is 2.65. The standard InChI is InChI=1S/C10H11ClO3S/c1-7(2)15(13,14)10-5-8(6-12)3-4-9(10)11/h3-7H,1-2H3. The smallest absolute Gasteiger partial charge is 0.182 e. The van der Waals surface area contributed by atoms with Crippen LogP contribution in [-0.2, 0) is 9.84 Å². The Morgan fingerprint density at radius 3 is 2.40 bits per heavy atom. The Balaban J connectivity index is 3.43. The van der Waals surface area contributed by atoms with Crippen LogP contribution in [0.15, 0.2) is 23.1 Å². The van der Waals surface area contributed by atoms with Gasteiger partial charge in [-0.2, -0.15) is 0 Å². The Hall–Kier alpha value is -0.870. The van der Waals surface area contributed by atoms with Gasteiger partial charge < -0.3 is 0 Å². The molecule has 0 saturated heterocycles. The second-order valence-electron chi connectivity index (χ2n) is 3.40. The lowest BCUT2D eigenvalue weighted by molar-refractivity contribution is 0.112. The Morgan fingerprint density at radius 1 is 1.33 bits per heavy atom. The van der Waals surface area contributed by atoms with Crippen molar-refractivity contribution in [3.8, 4) is 0 Å². The topological polar surface area (TPSA) is 51.2 Å². The first-order chi connectivity index (χ1) is 6.89. The number of carbonyl (C=O) groups excluding carboxylic acids is 1. The second-order valence-corrected chi connectivity index (χ2v) is 6.28. The van der Waals surface area contributed by atoms with E-state index in [2.05, 4.69) is 0 Å². The molecule has 5 heteroatoms. The minimum absolute atomic E-state index is 0.0174. The van der Waals surface area contributed by atoms with Gasteiger partial charge in [0.15, 0.2) is 9.84 Å². The maximum absolute atomic E-state index is 11.8. The summed E-state index contributed by atoms with van der Waals surface area (Å²) in [5.41, 5.74) is 0.304. The van der Waals surface area contributed by atoms with Crippen molar-refractivity contribution in [1.82, 2.24) is 0 Å². The van der Waals surface area contributed by atoms with E-state index in [4.69, 9.17) is 11.6 Å². The van der Waals surface area contributed by atoms with Crippen LogP contribution in [0.2, 0.25) is 5.02 Å². The fraction of sp³-hybridized carbons (Fsp3) is 0.300. The fourth-order valence-electron chi connectivity index (χ4n) is 1.07. The van der Waals surface area contributed by atoms with Gasteiger partial charge in [-0.3, -0.25) is 4.79 Å². The van der Waals surface area contributed by atoms with E-state index >= 15 is 0 Å². The van der Waals surface area contributed by atoms with Crippen molar-refractivity contribution in [3.05, 3.63) is 28.8 Å². The van der Waals surface area contributed by atoms with Crippen molar-refractivity contribution in [3.63, 3.8) is 0 Å². The molecule has 0 unspecified atom stereocenters. The maximum atomic E-state index is 11.8. The molecule has 0 amide bonds. The van der Waals surface area contributed by atoms with Gasteiger partial charge >= 0.3 is 0 Å². The van der Waals surface area contributed by atoms with Gasteiger partial charge in [0.05, 0.1) is 15.2 Å². The number of halogens is 1. The van der Waals surface area contributed by atoms with Crippen LogP contribution in [0.25, 0.3) is 0 Å². The Morgan fingerprint density at radius 2 is 1.93 bits per heavy atom. The molecule has 0 saturated carbocycles. The molecule has 1 aromatic carbocycles. The lowest BCUT2D eigenvalue weighted by Crippen LogP contribution is -2.14. The number of aldehydes is 1. The maximum Gasteiger partial charge on any atom is 0.182 e. The highest BCUT2D eigenvalue weighted by atomic mass is 35.5. The molecule has 82 valence electrons. The van der Waals surface area contributed by atoms with Gasteiger partial charge in [-0.1, -0.05) is 17.7 Å². The summed E-state index contributed by atoms with van der Waals surface area (Å²) in [6.45, 7) is 3.14. The molecule has 0 fully saturated rings. The van der Waals surface area contributed by atoms with Crippen molar-refractivity contribution in [2.45, 2.75) is 24.0 Å². The first-order valence-corrected chi connectivity index (χ1v) is 6.30. The number of rotatable bonds is 3. The highest BCUT2D eigenvalue weighted by molar-refractivity contribution is 7.92. The van der Waals surface area contributed by atoms with Gasteiger partial charge in [0, 0.05) is 5.56 Å². The zero-order valence-electron chi connectivity index (χ0n) is 8.40. The van der Waals surface area contributed by atoms with Crippen LogP contribution in [0.1, 0.15) is 24.2 Å². The number of carbonyl (C=O) groups is 1. The molecule has 0 aliphatic heterocycles. The minimum Gasteiger partial charge on any atom is -0.298 e. The van der Waals surface area contributed by atoms with Gasteiger partial charge in [0.2, 0.25) is 0 Å². The third-order valence-corrected chi connectivity index (χ3v) is 4.65. The van der Waals surface area contributed by atoms with E-state index < -0.39 is 15.1 Å². The molecule has 0 aliphatic carbocycles. The predicted molar refractivity (Wildman–Crippen MR) is 59.2 cm³/mol. The SMILES string of the molecule is CC(C)S(=O)(=O)c1cc(C=O)ccc1Cl. The number of hydrogen-bond acceptors (Lipinski definition) is 3. The molecular weight excluding hydrogens is 236 g/mol. The normalized spacial score (nSPS) is 11.7. The van der Waals surface area contributed by atoms with Crippen LogP contribution in [0, 0.1) is 0 Å². The molecule has 15 heavy (non-hydrogen) atoms. The quantitative estimate of drug-likeness (QED) is 0.770. The van der Waals surface area contributed by atoms with Gasteiger partial charge in [0.1, 0.15) is 6.29 Å². The van der Waals surface area contributed by atoms with Crippen LogP contribution in [0.3, 0.4) is 0 Å². The molecule has 0 heterocycles. The second kappa shape index (κ2) is 4.33. The summed E-state index contributed by atoms with van der Waals surface area (Å²) >= 11 is 5.79. The Labute approximate surface area is 94.0 Å². The summed E-state index contributed by atoms with van der Waals surface area (Å²) in [7, 11) is -3.43. The molecule has 0 spiro atoms. The van der Waals surface area contributed by atoms with Crippen molar-refractivity contribution < 1.29 is 13.2 Å². The monoisotopic (exact) mass is 246 g/mol. The molecule has 0 N–H and O–H groups in total. The lowest BCUT2D eigenvalue weighted by atomic mass is 10.2. The molecule has 1 rings (SSSR count). The third-order valence-electron chi connectivity index (χ3n) is 2.02. The van der Waals surface area contributed by atoms with Gasteiger partial charge in [-0.05, 0) is 26.0 Å². The highest BCUT2D eigenvalue weighted by Gasteiger charge is 2.22. The summed E-state index contributed by atoms with van der Waals surface area (Å²) < 4.78 is 23.6. The lowest BCUT2D eigenvalue weighted by Gasteiger charge is -2.09. The molecule has 3 nitrogen and oxygen atoms in total. The van der Waals surface area contributed by atoms with Crippen molar-refractivity contribution in [2.75, 3.05) is 0 Å². The third kappa shape index (κ3) is 2.38. The van der Waals surface area contributed by atoms with Crippen LogP contribution in [0.5, 0.6) is 0 Å². The molecule has 0 atom stereocenters. The summed E-state index contributed by atoms with van der Waals surface area (Å²) in [6.07, 6.45) is 0.593. The summed E-state index contributed by atoms with van der Waals surface area (Å²) in [4.78, 5) is 10.5. The molecule has 0 bridgehead atoms. The van der Waals surface area contributed by atoms with E-state index in [1.807, 2.05) is 0 Å². The first-order valence-electron chi connectivity index (χ1n) is 4.38. The summed E-state index contributed by atoms with van der Waals surface area (Å²) in [5.74, 6) is 0. The van der Waals surface area contributed by atoms with E-state index in [1.54, 1.807) is 13.8 Å². The average molecular weight is 247 g/mol. The molecular formula is C10H11ClO3S. The van der Waals surface area contributed by atoms with Crippen molar-refractivity contribution >= 4 is 27.7 Å². The Kier molecular flexibility index (Phi) is 3.52. The molecule has 1 aromatic rings. The summed E-state index contributed by atoms with van der Waals surface area (Å²) in [5, 5.41) is -0.411. The van der Waals surface area contributed by atoms with E-state index in [0.29, 0.717) is 11.8 Å². The van der Waals surface area contributed by atoms with Gasteiger partial charge in [0.25, 0.3) is 0 Å².